The number of nitrogens with zero attached hydrogens (tertiary/aromatic N) is 2. The first kappa shape index (κ1) is 33.6. The molecule has 58 heavy (non-hydrogen) atoms. The van der Waals surface area contributed by atoms with Crippen molar-refractivity contribution in [2.75, 3.05) is 0 Å². The monoisotopic (exact) mass is 740 g/mol. The first-order valence-electron chi connectivity index (χ1n) is 19.7. The van der Waals surface area contributed by atoms with Gasteiger partial charge in [0.05, 0.1) is 22.4 Å². The van der Waals surface area contributed by atoms with Crippen LogP contribution in [0.2, 0.25) is 0 Å². The van der Waals surface area contributed by atoms with Gasteiger partial charge in [0.15, 0.2) is 0 Å². The third-order valence-corrected chi connectivity index (χ3v) is 11.5. The standard InChI is InChI=1S/C55H36N2O/c58-55-56(45-20-8-3-9-21-45)51-22-12-13-23-52(51)57(55)46-30-26-40(27-31-46)53-47-32-28-43(38-16-6-2-7-17-38)36-50(47)54(44-25-24-39-18-10-11-19-41(39)34-44)48-33-29-42(35-49(48)53)37-14-4-1-5-15-37/h1-36H. The summed E-state index contributed by atoms with van der Waals surface area (Å²) in [5.41, 5.74) is 12.6. The van der Waals surface area contributed by atoms with Crippen LogP contribution < -0.4 is 5.69 Å². The molecule has 0 atom stereocenters. The Morgan fingerprint density at radius 1 is 0.276 bits per heavy atom. The molecule has 0 spiro atoms. The topological polar surface area (TPSA) is 26.9 Å². The van der Waals surface area contributed by atoms with Gasteiger partial charge in [-0.15, -0.1) is 0 Å². The first-order chi connectivity index (χ1) is 28.7. The Bertz CT molecular complexity index is 3380. The SMILES string of the molecule is O=c1n(-c2ccccc2)c2ccccc2n1-c1ccc(-c2c3ccc(-c4ccccc4)cc3c(-c3ccc4ccccc4c3)c3ccc(-c4ccccc4)cc23)cc1. The summed E-state index contributed by atoms with van der Waals surface area (Å²) in [6.45, 7) is 0. The smallest absolute Gasteiger partial charge is 0.260 e. The fraction of sp³-hybridized carbons (Fsp3) is 0. The fourth-order valence-electron chi connectivity index (χ4n) is 8.82. The minimum absolute atomic E-state index is 0.100. The van der Waals surface area contributed by atoms with E-state index in [1.807, 2.05) is 59.2 Å². The fourth-order valence-corrected chi connectivity index (χ4v) is 8.82. The van der Waals surface area contributed by atoms with Gasteiger partial charge in [0.2, 0.25) is 0 Å². The zero-order valence-corrected chi connectivity index (χ0v) is 31.6. The maximum absolute atomic E-state index is 14.3. The molecular formula is C55H36N2O. The maximum Gasteiger partial charge on any atom is 0.338 e. The van der Waals surface area contributed by atoms with Crippen molar-refractivity contribution in [3.8, 4) is 55.9 Å². The number of hydrogen-bond donors (Lipinski definition) is 0. The second-order valence-electron chi connectivity index (χ2n) is 14.9. The highest BCUT2D eigenvalue weighted by Gasteiger charge is 2.20. The largest absolute Gasteiger partial charge is 0.338 e. The van der Waals surface area contributed by atoms with E-state index in [-0.39, 0.29) is 5.69 Å². The van der Waals surface area contributed by atoms with Gasteiger partial charge in [-0.3, -0.25) is 9.13 Å². The Balaban J connectivity index is 1.19. The van der Waals surface area contributed by atoms with Crippen molar-refractivity contribution in [1.29, 1.82) is 0 Å². The Hall–Kier alpha value is -7.75. The summed E-state index contributed by atoms with van der Waals surface area (Å²) in [6, 6.07) is 77.0. The number of fused-ring (bicyclic) bond motifs is 4. The van der Waals surface area contributed by atoms with Crippen molar-refractivity contribution in [2.45, 2.75) is 0 Å². The van der Waals surface area contributed by atoms with Crippen LogP contribution in [0.15, 0.2) is 223 Å². The quantitative estimate of drug-likeness (QED) is 0.156. The van der Waals surface area contributed by atoms with E-state index in [0.717, 1.165) is 39.1 Å². The van der Waals surface area contributed by atoms with Crippen LogP contribution in [0.1, 0.15) is 0 Å². The lowest BCUT2D eigenvalue weighted by atomic mass is 9.83. The van der Waals surface area contributed by atoms with Gasteiger partial charge in [0.1, 0.15) is 0 Å². The summed E-state index contributed by atoms with van der Waals surface area (Å²) in [6.07, 6.45) is 0. The van der Waals surface area contributed by atoms with Crippen LogP contribution in [-0.4, -0.2) is 9.13 Å². The Kier molecular flexibility index (Phi) is 7.97. The third-order valence-electron chi connectivity index (χ3n) is 11.5. The maximum atomic E-state index is 14.3. The van der Waals surface area contributed by atoms with Crippen molar-refractivity contribution in [3.63, 3.8) is 0 Å². The zero-order valence-electron chi connectivity index (χ0n) is 31.6. The molecule has 1 heterocycles. The van der Waals surface area contributed by atoms with Crippen molar-refractivity contribution in [2.24, 2.45) is 0 Å². The predicted octanol–water partition coefficient (Wildman–Crippen LogP) is 13.9. The third kappa shape index (κ3) is 5.56. The number of aromatic nitrogens is 2. The minimum Gasteiger partial charge on any atom is -0.260 e. The molecule has 0 aliphatic rings. The van der Waals surface area contributed by atoms with Crippen LogP contribution in [0.25, 0.3) is 99.2 Å². The van der Waals surface area contributed by atoms with Gasteiger partial charge in [-0.2, -0.15) is 0 Å². The van der Waals surface area contributed by atoms with Crippen molar-refractivity contribution < 1.29 is 0 Å². The Morgan fingerprint density at radius 3 is 1.28 bits per heavy atom. The van der Waals surface area contributed by atoms with Crippen molar-refractivity contribution in [3.05, 3.63) is 229 Å². The highest BCUT2D eigenvalue weighted by Crippen LogP contribution is 2.46. The van der Waals surface area contributed by atoms with Gasteiger partial charge in [-0.25, -0.2) is 4.79 Å². The molecule has 0 N–H and O–H groups in total. The van der Waals surface area contributed by atoms with E-state index >= 15 is 0 Å². The summed E-state index contributed by atoms with van der Waals surface area (Å²) in [7, 11) is 0. The highest BCUT2D eigenvalue weighted by molar-refractivity contribution is 6.23. The molecule has 272 valence electrons. The van der Waals surface area contributed by atoms with Gasteiger partial charge in [0, 0.05) is 0 Å². The van der Waals surface area contributed by atoms with Gasteiger partial charge in [-0.05, 0) is 131 Å². The average molecular weight is 741 g/mol. The molecule has 11 rings (SSSR count). The van der Waals surface area contributed by atoms with Crippen LogP contribution in [0, 0.1) is 0 Å². The number of imidazole rings is 1. The Labute approximate surface area is 336 Å². The summed E-state index contributed by atoms with van der Waals surface area (Å²) in [5, 5.41) is 7.16. The molecule has 11 aromatic rings. The van der Waals surface area contributed by atoms with E-state index in [9.17, 15) is 4.79 Å². The van der Waals surface area contributed by atoms with E-state index < -0.39 is 0 Å². The molecule has 3 heteroatoms. The normalized spacial score (nSPS) is 11.5. The number of benzene rings is 10. The average Bonchev–Trinajstić information content (AvgIpc) is 3.60. The minimum atomic E-state index is -0.100. The molecule has 0 amide bonds. The first-order valence-corrected chi connectivity index (χ1v) is 19.7. The number of hydrogen-bond acceptors (Lipinski definition) is 1. The van der Waals surface area contributed by atoms with Gasteiger partial charge in [0.25, 0.3) is 0 Å². The molecule has 0 aliphatic carbocycles. The molecular weight excluding hydrogens is 705 g/mol. The molecule has 1 aromatic heterocycles. The lowest BCUT2D eigenvalue weighted by Gasteiger charge is -2.20. The Morgan fingerprint density at radius 2 is 0.707 bits per heavy atom. The van der Waals surface area contributed by atoms with E-state index in [1.165, 1.54) is 60.1 Å². The molecule has 0 bridgehead atoms. The van der Waals surface area contributed by atoms with Crippen LogP contribution in [0.3, 0.4) is 0 Å². The van der Waals surface area contributed by atoms with E-state index in [0.29, 0.717) is 0 Å². The molecule has 0 unspecified atom stereocenters. The molecule has 0 fully saturated rings. The van der Waals surface area contributed by atoms with Crippen LogP contribution in [-0.2, 0) is 0 Å². The molecule has 0 radical (unpaired) electrons. The summed E-state index contributed by atoms with van der Waals surface area (Å²) >= 11 is 0. The second kappa shape index (κ2) is 13.8. The summed E-state index contributed by atoms with van der Waals surface area (Å²) < 4.78 is 3.62. The molecule has 0 saturated carbocycles. The van der Waals surface area contributed by atoms with Gasteiger partial charge >= 0.3 is 5.69 Å². The predicted molar refractivity (Wildman–Crippen MR) is 243 cm³/mol. The van der Waals surface area contributed by atoms with E-state index in [4.69, 9.17) is 0 Å². The van der Waals surface area contributed by atoms with Crippen LogP contribution in [0.4, 0.5) is 0 Å². The van der Waals surface area contributed by atoms with E-state index in [2.05, 4.69) is 164 Å². The highest BCUT2D eigenvalue weighted by atomic mass is 16.1. The van der Waals surface area contributed by atoms with Crippen LogP contribution in [0.5, 0.6) is 0 Å². The van der Waals surface area contributed by atoms with Gasteiger partial charge < -0.3 is 0 Å². The lowest BCUT2D eigenvalue weighted by Crippen LogP contribution is -2.22. The van der Waals surface area contributed by atoms with Crippen molar-refractivity contribution in [1.82, 2.24) is 9.13 Å². The molecule has 0 aliphatic heterocycles. The number of para-hydroxylation sites is 3. The van der Waals surface area contributed by atoms with E-state index in [1.54, 1.807) is 4.57 Å². The van der Waals surface area contributed by atoms with Crippen molar-refractivity contribution >= 4 is 43.4 Å². The molecule has 0 saturated heterocycles. The zero-order chi connectivity index (χ0) is 38.6. The van der Waals surface area contributed by atoms with Gasteiger partial charge in [-0.1, -0.05) is 164 Å². The lowest BCUT2D eigenvalue weighted by molar-refractivity contribution is 0.931. The second-order valence-corrected chi connectivity index (χ2v) is 14.9. The molecule has 3 nitrogen and oxygen atoms in total. The molecule has 10 aromatic carbocycles. The number of rotatable bonds is 6. The summed E-state index contributed by atoms with van der Waals surface area (Å²) in [5.74, 6) is 0. The van der Waals surface area contributed by atoms with Crippen LogP contribution >= 0.6 is 0 Å². The summed E-state index contributed by atoms with van der Waals surface area (Å²) in [4.78, 5) is 14.3.